The van der Waals surface area contributed by atoms with Gasteiger partial charge < -0.3 is 18.6 Å². The van der Waals surface area contributed by atoms with Gasteiger partial charge in [-0.2, -0.15) is 0 Å². The molecule has 0 aliphatic carbocycles. The Kier molecular flexibility index (Phi) is 8.59. The summed E-state index contributed by atoms with van der Waals surface area (Å²) in [5.74, 6) is 0. The van der Waals surface area contributed by atoms with Crippen molar-refractivity contribution in [2.24, 2.45) is 0 Å². The van der Waals surface area contributed by atoms with Gasteiger partial charge in [-0.1, -0.05) is 133 Å². The molecule has 62 heavy (non-hydrogen) atoms. The summed E-state index contributed by atoms with van der Waals surface area (Å²) < 4.78 is 7.17. The number of hydrogen-bond donors (Lipinski definition) is 0. The maximum atomic E-state index is 2.42. The van der Waals surface area contributed by atoms with Gasteiger partial charge in [0.1, 0.15) is 0 Å². The zero-order valence-electron chi connectivity index (χ0n) is 36.3. The van der Waals surface area contributed by atoms with Crippen LogP contribution in [0.1, 0.15) is 52.7 Å². The topological polar surface area (TPSA) is 18.0 Å². The second-order valence-corrected chi connectivity index (χ2v) is 18.8. The van der Waals surface area contributed by atoms with Crippen molar-refractivity contribution in [1.29, 1.82) is 0 Å². The summed E-state index contributed by atoms with van der Waals surface area (Å²) in [7, 11) is 0. The minimum atomic E-state index is 0.0439. The Bertz CT molecular complexity index is 3460. The number of anilines is 3. The Hall–Kier alpha value is -7.30. The quantitative estimate of drug-likeness (QED) is 0.164. The fraction of sp³-hybridized carbons (Fsp3) is 0.138. The highest BCUT2D eigenvalue weighted by molar-refractivity contribution is 6.18. The minimum Gasteiger partial charge on any atom is -0.316 e. The predicted molar refractivity (Wildman–Crippen MR) is 264 cm³/mol. The molecule has 8 aromatic carbocycles. The summed E-state index contributed by atoms with van der Waals surface area (Å²) >= 11 is 0. The SMILES string of the molecule is CC(C)(C)c1ccc(N(c2cccc(-n3ccc4c3ccc3c5ccccc5n(-c5ccccc5)c34)c2)c2ccc3c(c2)c2ccccc2n3-c2ccc(C(C)(C)C)cc2)cc1. The molecule has 4 nitrogen and oxygen atoms in total. The third-order valence-corrected chi connectivity index (χ3v) is 12.8. The minimum absolute atomic E-state index is 0.0439. The summed E-state index contributed by atoms with van der Waals surface area (Å²) in [4.78, 5) is 2.41. The monoisotopic (exact) mass is 802 g/mol. The van der Waals surface area contributed by atoms with Crippen LogP contribution in [0.5, 0.6) is 0 Å². The maximum absolute atomic E-state index is 2.42. The maximum Gasteiger partial charge on any atom is 0.0635 e. The number of nitrogens with zero attached hydrogens (tertiary/aromatic N) is 4. The number of rotatable bonds is 6. The van der Waals surface area contributed by atoms with E-state index >= 15 is 0 Å². The largest absolute Gasteiger partial charge is 0.316 e. The van der Waals surface area contributed by atoms with E-state index in [2.05, 4.69) is 254 Å². The first kappa shape index (κ1) is 37.7. The standard InChI is InChI=1S/C58H50N4/c1-57(2,3)39-23-27-42(28-24-39)60(46-31-33-55-51(38-46)48-20-11-12-21-53(48)61(55)43-29-25-40(26-30-43)58(4,5)6)45-18-14-17-44(37-45)59-36-35-50-52(59)34-32-49-47-19-10-13-22-54(47)62(56(49)50)41-15-8-7-9-16-41/h7-38H,1-6H3. The van der Waals surface area contributed by atoms with Gasteiger partial charge in [0.2, 0.25) is 0 Å². The molecule has 0 spiro atoms. The molecule has 11 rings (SSSR count). The third kappa shape index (κ3) is 6.12. The molecule has 0 saturated carbocycles. The van der Waals surface area contributed by atoms with Crippen LogP contribution in [0.25, 0.3) is 71.6 Å². The first-order valence-electron chi connectivity index (χ1n) is 21.8. The Morgan fingerprint density at radius 3 is 1.56 bits per heavy atom. The molecule has 0 bridgehead atoms. The molecule has 0 aliphatic rings. The summed E-state index contributed by atoms with van der Waals surface area (Å²) in [6.45, 7) is 13.6. The van der Waals surface area contributed by atoms with E-state index in [1.807, 2.05) is 0 Å². The van der Waals surface area contributed by atoms with E-state index in [-0.39, 0.29) is 10.8 Å². The average molecular weight is 803 g/mol. The number of fused-ring (bicyclic) bond motifs is 8. The van der Waals surface area contributed by atoms with Gasteiger partial charge in [-0.05, 0) is 119 Å². The molecule has 0 N–H and O–H groups in total. The fourth-order valence-corrected chi connectivity index (χ4v) is 9.57. The van der Waals surface area contributed by atoms with Crippen LogP contribution in [0.4, 0.5) is 17.1 Å². The average Bonchev–Trinajstić information content (AvgIpc) is 3.97. The molecular formula is C58H50N4. The van der Waals surface area contributed by atoms with E-state index in [0.29, 0.717) is 0 Å². The highest BCUT2D eigenvalue weighted by Gasteiger charge is 2.22. The number of aromatic nitrogens is 3. The molecule has 0 radical (unpaired) electrons. The van der Waals surface area contributed by atoms with E-state index < -0.39 is 0 Å². The van der Waals surface area contributed by atoms with Gasteiger partial charge in [-0.15, -0.1) is 0 Å². The van der Waals surface area contributed by atoms with Gasteiger partial charge in [0.05, 0.1) is 27.6 Å². The van der Waals surface area contributed by atoms with Crippen LogP contribution in [-0.2, 0) is 10.8 Å². The molecular weight excluding hydrogens is 753 g/mol. The van der Waals surface area contributed by atoms with Crippen molar-refractivity contribution in [1.82, 2.24) is 13.7 Å². The van der Waals surface area contributed by atoms with Crippen molar-refractivity contribution in [2.45, 2.75) is 52.4 Å². The lowest BCUT2D eigenvalue weighted by molar-refractivity contribution is 0.590. The van der Waals surface area contributed by atoms with Gasteiger partial charge >= 0.3 is 0 Å². The molecule has 0 unspecified atom stereocenters. The molecule has 0 atom stereocenters. The Labute approximate surface area is 363 Å². The van der Waals surface area contributed by atoms with E-state index in [9.17, 15) is 0 Å². The zero-order chi connectivity index (χ0) is 42.3. The van der Waals surface area contributed by atoms with Crippen LogP contribution >= 0.6 is 0 Å². The highest BCUT2D eigenvalue weighted by atomic mass is 15.1. The molecule has 11 aromatic rings. The molecule has 3 heterocycles. The Balaban J connectivity index is 1.08. The molecule has 0 fully saturated rings. The van der Waals surface area contributed by atoms with Gasteiger partial charge in [-0.3, -0.25) is 0 Å². The molecule has 302 valence electrons. The van der Waals surface area contributed by atoms with E-state index in [1.54, 1.807) is 0 Å². The summed E-state index contributed by atoms with van der Waals surface area (Å²) in [5, 5.41) is 6.19. The van der Waals surface area contributed by atoms with Crippen LogP contribution in [0.15, 0.2) is 194 Å². The summed E-state index contributed by atoms with van der Waals surface area (Å²) in [6.07, 6.45) is 2.23. The van der Waals surface area contributed by atoms with Crippen molar-refractivity contribution < 1.29 is 0 Å². The zero-order valence-corrected chi connectivity index (χ0v) is 36.3. The van der Waals surface area contributed by atoms with Crippen molar-refractivity contribution in [3.63, 3.8) is 0 Å². The first-order chi connectivity index (χ1) is 30.0. The number of benzene rings is 8. The summed E-state index contributed by atoms with van der Waals surface area (Å²) in [5.41, 5.74) is 15.5. The van der Waals surface area contributed by atoms with Crippen molar-refractivity contribution in [2.75, 3.05) is 4.90 Å². The number of hydrogen-bond acceptors (Lipinski definition) is 1. The van der Waals surface area contributed by atoms with Crippen LogP contribution in [0.3, 0.4) is 0 Å². The molecule has 0 amide bonds. The van der Waals surface area contributed by atoms with Crippen LogP contribution in [0.2, 0.25) is 0 Å². The van der Waals surface area contributed by atoms with Gasteiger partial charge in [-0.25, -0.2) is 0 Å². The normalized spacial score (nSPS) is 12.4. The molecule has 4 heteroatoms. The molecule has 0 saturated heterocycles. The van der Waals surface area contributed by atoms with Crippen LogP contribution in [-0.4, -0.2) is 13.7 Å². The van der Waals surface area contributed by atoms with E-state index in [0.717, 1.165) is 28.4 Å². The Morgan fingerprint density at radius 1 is 0.339 bits per heavy atom. The third-order valence-electron chi connectivity index (χ3n) is 12.8. The van der Waals surface area contributed by atoms with Crippen LogP contribution < -0.4 is 4.90 Å². The molecule has 0 aliphatic heterocycles. The van der Waals surface area contributed by atoms with Gasteiger partial charge in [0.15, 0.2) is 0 Å². The molecule has 3 aromatic heterocycles. The smallest absolute Gasteiger partial charge is 0.0635 e. The first-order valence-corrected chi connectivity index (χ1v) is 21.8. The van der Waals surface area contributed by atoms with Gasteiger partial charge in [0.25, 0.3) is 0 Å². The van der Waals surface area contributed by atoms with Gasteiger partial charge in [0, 0.05) is 67.3 Å². The van der Waals surface area contributed by atoms with E-state index in [4.69, 9.17) is 0 Å². The van der Waals surface area contributed by atoms with Crippen molar-refractivity contribution in [3.05, 3.63) is 205 Å². The van der Waals surface area contributed by atoms with E-state index in [1.165, 1.54) is 71.3 Å². The van der Waals surface area contributed by atoms with Crippen molar-refractivity contribution >= 4 is 71.6 Å². The second kappa shape index (κ2) is 14.1. The Morgan fingerprint density at radius 2 is 0.871 bits per heavy atom. The predicted octanol–water partition coefficient (Wildman–Crippen LogP) is 15.9. The number of para-hydroxylation sites is 3. The summed E-state index contributed by atoms with van der Waals surface area (Å²) in [6, 6.07) is 69.3. The fourth-order valence-electron chi connectivity index (χ4n) is 9.57. The lowest BCUT2D eigenvalue weighted by Gasteiger charge is -2.27. The van der Waals surface area contributed by atoms with Crippen molar-refractivity contribution in [3.8, 4) is 17.1 Å². The van der Waals surface area contributed by atoms with Crippen LogP contribution in [0, 0.1) is 0 Å². The lowest BCUT2D eigenvalue weighted by Crippen LogP contribution is -2.13. The second-order valence-electron chi connectivity index (χ2n) is 18.8. The lowest BCUT2D eigenvalue weighted by atomic mass is 9.87. The highest BCUT2D eigenvalue weighted by Crippen LogP contribution is 2.42.